The number of carbonyl (C=O) groups excluding carboxylic acids is 3. The summed E-state index contributed by atoms with van der Waals surface area (Å²) >= 11 is 0. The Morgan fingerprint density at radius 2 is 1.90 bits per heavy atom. The van der Waals surface area contributed by atoms with E-state index in [1.807, 2.05) is 45.0 Å². The second-order valence-corrected chi connectivity index (χ2v) is 8.01. The van der Waals surface area contributed by atoms with Crippen LogP contribution in [0.4, 0.5) is 0 Å². The normalized spacial score (nSPS) is 18.6. The first kappa shape index (κ1) is 20.6. The zero-order chi connectivity index (χ0) is 21.3. The minimum Gasteiger partial charge on any atom is -0.350 e. The Kier molecular flexibility index (Phi) is 5.46. The van der Waals surface area contributed by atoms with Crippen molar-refractivity contribution in [1.82, 2.24) is 25.3 Å². The van der Waals surface area contributed by atoms with Crippen LogP contribution in [0.25, 0.3) is 0 Å². The zero-order valence-electron chi connectivity index (χ0n) is 17.4. The van der Waals surface area contributed by atoms with E-state index in [0.717, 1.165) is 11.1 Å². The van der Waals surface area contributed by atoms with Gasteiger partial charge in [-0.1, -0.05) is 29.8 Å². The number of nitrogens with one attached hydrogen (secondary N) is 2. The number of hydrogen-bond acceptors (Lipinski definition) is 4. The molecule has 2 heterocycles. The Balaban J connectivity index is 1.79. The van der Waals surface area contributed by atoms with Gasteiger partial charge in [0, 0.05) is 25.7 Å². The van der Waals surface area contributed by atoms with Crippen molar-refractivity contribution in [1.29, 1.82) is 0 Å². The molecule has 0 saturated carbocycles. The standard InChI is InChI=1S/C21H27N5O3/c1-13(2)23-18(27)16-10-17-19(28)25(5)21(4,12-26(17)24-16)20(29)22-11-15-8-6-14(3)7-9-15/h6-10,13H,11-12H2,1-5H3,(H,22,29)(H,23,27)/t21-/m0/s1. The molecular weight excluding hydrogens is 370 g/mol. The van der Waals surface area contributed by atoms with Crippen molar-refractivity contribution < 1.29 is 14.4 Å². The maximum atomic E-state index is 13.0. The molecule has 2 N–H and O–H groups in total. The number of rotatable bonds is 5. The average molecular weight is 397 g/mol. The SMILES string of the molecule is Cc1ccc(CNC(=O)[C@]2(C)Cn3nc(C(=O)NC(C)C)cc3C(=O)N2C)cc1. The van der Waals surface area contributed by atoms with Crippen LogP contribution >= 0.6 is 0 Å². The fourth-order valence-electron chi connectivity index (χ4n) is 3.25. The second kappa shape index (κ2) is 7.69. The van der Waals surface area contributed by atoms with E-state index in [1.54, 1.807) is 14.0 Å². The van der Waals surface area contributed by atoms with Gasteiger partial charge in [0.05, 0.1) is 6.54 Å². The molecule has 0 saturated heterocycles. The van der Waals surface area contributed by atoms with Gasteiger partial charge in [-0.15, -0.1) is 0 Å². The van der Waals surface area contributed by atoms with Gasteiger partial charge in [-0.25, -0.2) is 0 Å². The molecule has 0 fully saturated rings. The number of aromatic nitrogens is 2. The van der Waals surface area contributed by atoms with Gasteiger partial charge in [0.25, 0.3) is 11.8 Å². The predicted octanol–water partition coefficient (Wildman–Crippen LogP) is 1.49. The molecule has 29 heavy (non-hydrogen) atoms. The van der Waals surface area contributed by atoms with Gasteiger partial charge < -0.3 is 15.5 Å². The summed E-state index contributed by atoms with van der Waals surface area (Å²) in [5.41, 5.74) is 1.47. The van der Waals surface area contributed by atoms with Crippen molar-refractivity contribution in [2.75, 3.05) is 7.05 Å². The van der Waals surface area contributed by atoms with E-state index in [1.165, 1.54) is 15.6 Å². The molecule has 8 nitrogen and oxygen atoms in total. The van der Waals surface area contributed by atoms with Crippen LogP contribution in [0, 0.1) is 6.92 Å². The number of benzene rings is 1. The molecule has 154 valence electrons. The Bertz CT molecular complexity index is 948. The first-order chi connectivity index (χ1) is 13.6. The fraction of sp³-hybridized carbons (Fsp3) is 0.429. The van der Waals surface area contributed by atoms with Crippen molar-refractivity contribution in [3.8, 4) is 0 Å². The molecule has 2 aromatic rings. The number of aryl methyl sites for hydroxylation is 1. The highest BCUT2D eigenvalue weighted by atomic mass is 16.2. The Labute approximate surface area is 170 Å². The lowest BCUT2D eigenvalue weighted by atomic mass is 9.95. The molecule has 0 bridgehead atoms. The van der Waals surface area contributed by atoms with Gasteiger partial charge in [0.15, 0.2) is 5.69 Å². The lowest BCUT2D eigenvalue weighted by Crippen LogP contribution is -2.62. The van der Waals surface area contributed by atoms with Crippen molar-refractivity contribution in [3.63, 3.8) is 0 Å². The summed E-state index contributed by atoms with van der Waals surface area (Å²) in [5, 5.41) is 9.95. The van der Waals surface area contributed by atoms with Crippen molar-refractivity contribution in [2.45, 2.75) is 52.4 Å². The van der Waals surface area contributed by atoms with Crippen LogP contribution in [-0.4, -0.2) is 51.0 Å². The molecule has 1 atom stereocenters. The third kappa shape index (κ3) is 4.01. The maximum absolute atomic E-state index is 13.0. The molecule has 3 amide bonds. The first-order valence-electron chi connectivity index (χ1n) is 9.62. The van der Waals surface area contributed by atoms with Crippen LogP contribution in [0.5, 0.6) is 0 Å². The fourth-order valence-corrected chi connectivity index (χ4v) is 3.25. The van der Waals surface area contributed by atoms with Crippen molar-refractivity contribution >= 4 is 17.7 Å². The number of amides is 3. The molecular formula is C21H27N5O3. The highest BCUT2D eigenvalue weighted by Gasteiger charge is 2.46. The number of fused-ring (bicyclic) bond motifs is 1. The monoisotopic (exact) mass is 397 g/mol. The lowest BCUT2D eigenvalue weighted by molar-refractivity contribution is -0.132. The van der Waals surface area contributed by atoms with Gasteiger partial charge in [0.2, 0.25) is 5.91 Å². The van der Waals surface area contributed by atoms with Gasteiger partial charge in [0.1, 0.15) is 11.2 Å². The highest BCUT2D eigenvalue weighted by molar-refractivity contribution is 6.01. The first-order valence-corrected chi connectivity index (χ1v) is 9.62. The minimum absolute atomic E-state index is 0.0441. The van der Waals surface area contributed by atoms with Crippen LogP contribution in [0.3, 0.4) is 0 Å². The van der Waals surface area contributed by atoms with E-state index in [4.69, 9.17) is 0 Å². The van der Waals surface area contributed by atoms with Crippen LogP contribution in [0.2, 0.25) is 0 Å². The summed E-state index contributed by atoms with van der Waals surface area (Å²) in [7, 11) is 1.60. The molecule has 1 aromatic heterocycles. The summed E-state index contributed by atoms with van der Waals surface area (Å²) in [6, 6.07) is 9.31. The lowest BCUT2D eigenvalue weighted by Gasteiger charge is -2.40. The molecule has 0 aliphatic carbocycles. The van der Waals surface area contributed by atoms with Gasteiger partial charge in [-0.2, -0.15) is 5.10 Å². The van der Waals surface area contributed by atoms with E-state index in [2.05, 4.69) is 15.7 Å². The van der Waals surface area contributed by atoms with Crippen molar-refractivity contribution in [3.05, 3.63) is 52.8 Å². The van der Waals surface area contributed by atoms with E-state index < -0.39 is 5.54 Å². The smallest absolute Gasteiger partial charge is 0.272 e. The van der Waals surface area contributed by atoms with Crippen molar-refractivity contribution in [2.24, 2.45) is 0 Å². The quantitative estimate of drug-likeness (QED) is 0.799. The van der Waals surface area contributed by atoms with E-state index in [0.29, 0.717) is 12.2 Å². The number of hydrogen-bond donors (Lipinski definition) is 2. The second-order valence-electron chi connectivity index (χ2n) is 8.01. The topological polar surface area (TPSA) is 96.3 Å². The average Bonchev–Trinajstić information content (AvgIpc) is 3.09. The Morgan fingerprint density at radius 3 is 2.52 bits per heavy atom. The van der Waals surface area contributed by atoms with Crippen LogP contribution in [0.1, 0.15) is 52.9 Å². The Hall–Kier alpha value is -3.16. The highest BCUT2D eigenvalue weighted by Crippen LogP contribution is 2.26. The zero-order valence-corrected chi connectivity index (χ0v) is 17.4. The molecule has 1 aliphatic heterocycles. The van der Waals surface area contributed by atoms with Gasteiger partial charge in [-0.3, -0.25) is 19.1 Å². The number of likely N-dealkylation sites (N-methyl/N-ethyl adjacent to an activating group) is 1. The summed E-state index contributed by atoms with van der Waals surface area (Å²) in [4.78, 5) is 39.5. The van der Waals surface area contributed by atoms with E-state index >= 15 is 0 Å². The summed E-state index contributed by atoms with van der Waals surface area (Å²) in [6.07, 6.45) is 0. The largest absolute Gasteiger partial charge is 0.350 e. The summed E-state index contributed by atoms with van der Waals surface area (Å²) < 4.78 is 1.45. The number of carbonyl (C=O) groups is 3. The van der Waals surface area contributed by atoms with E-state index in [9.17, 15) is 14.4 Å². The summed E-state index contributed by atoms with van der Waals surface area (Å²) in [5.74, 6) is -0.966. The minimum atomic E-state index is -1.12. The molecule has 0 spiro atoms. The van der Waals surface area contributed by atoms with Gasteiger partial charge in [-0.05, 0) is 33.3 Å². The van der Waals surface area contributed by atoms with Crippen LogP contribution in [-0.2, 0) is 17.9 Å². The molecule has 3 rings (SSSR count). The molecule has 0 radical (unpaired) electrons. The van der Waals surface area contributed by atoms with Crippen LogP contribution < -0.4 is 10.6 Å². The third-order valence-corrected chi connectivity index (χ3v) is 5.22. The third-order valence-electron chi connectivity index (χ3n) is 5.22. The molecule has 1 aliphatic rings. The maximum Gasteiger partial charge on any atom is 0.272 e. The molecule has 0 unspecified atom stereocenters. The predicted molar refractivity (Wildman–Crippen MR) is 108 cm³/mol. The van der Waals surface area contributed by atoms with Crippen LogP contribution in [0.15, 0.2) is 30.3 Å². The number of nitrogens with zero attached hydrogens (tertiary/aromatic N) is 3. The Morgan fingerprint density at radius 1 is 1.24 bits per heavy atom. The molecule has 8 heteroatoms. The summed E-state index contributed by atoms with van der Waals surface area (Å²) in [6.45, 7) is 7.94. The van der Waals surface area contributed by atoms with Gasteiger partial charge >= 0.3 is 0 Å². The molecule has 1 aromatic carbocycles. The van der Waals surface area contributed by atoms with E-state index in [-0.39, 0.29) is 36.0 Å².